The molecule has 1 N–H and O–H groups in total. The van der Waals surface area contributed by atoms with E-state index in [0.29, 0.717) is 11.4 Å². The van der Waals surface area contributed by atoms with Crippen molar-refractivity contribution in [3.63, 3.8) is 0 Å². The Labute approximate surface area is 178 Å². The molecule has 0 atom stereocenters. The molecule has 0 fully saturated rings. The van der Waals surface area contributed by atoms with Gasteiger partial charge >= 0.3 is 5.97 Å². The van der Waals surface area contributed by atoms with Gasteiger partial charge in [-0.15, -0.1) is 0 Å². The van der Waals surface area contributed by atoms with Crippen LogP contribution in [0, 0.1) is 5.82 Å². The van der Waals surface area contributed by atoms with Crippen LogP contribution in [0.1, 0.15) is 10.4 Å². The van der Waals surface area contributed by atoms with E-state index in [-0.39, 0.29) is 35.3 Å². The number of nitrogens with one attached hydrogen (secondary N) is 1. The average Bonchev–Trinajstić information content (AvgIpc) is 2.79. The van der Waals surface area contributed by atoms with E-state index in [0.717, 1.165) is 0 Å². The highest BCUT2D eigenvalue weighted by Crippen LogP contribution is 2.29. The Balaban J connectivity index is 1.60. The summed E-state index contributed by atoms with van der Waals surface area (Å²) in [6.07, 6.45) is 0. The van der Waals surface area contributed by atoms with E-state index < -0.39 is 11.8 Å². The molecule has 8 heteroatoms. The van der Waals surface area contributed by atoms with Crippen molar-refractivity contribution in [1.29, 1.82) is 0 Å². The van der Waals surface area contributed by atoms with Gasteiger partial charge < -0.3 is 24.3 Å². The minimum absolute atomic E-state index is 0.205. The lowest BCUT2D eigenvalue weighted by atomic mass is 10.2. The standard InChI is InChI=1S/C23H20FNO6/c1-28-18-10-6-17(7-11-18)25-22(26)14-30-20-12-3-15(13-21(20)29-2)23(27)31-19-8-4-16(24)5-9-19/h3-13H,14H2,1-2H3,(H,25,26). The number of hydrogen-bond acceptors (Lipinski definition) is 6. The molecule has 0 heterocycles. The largest absolute Gasteiger partial charge is 0.497 e. The minimum atomic E-state index is -0.645. The first kappa shape index (κ1) is 21.6. The molecule has 31 heavy (non-hydrogen) atoms. The maximum Gasteiger partial charge on any atom is 0.343 e. The molecule has 0 bridgehead atoms. The molecule has 3 rings (SSSR count). The quantitative estimate of drug-likeness (QED) is 0.433. The monoisotopic (exact) mass is 425 g/mol. The number of methoxy groups -OCH3 is 2. The fraction of sp³-hybridized carbons (Fsp3) is 0.130. The molecule has 0 aromatic heterocycles. The molecule has 160 valence electrons. The van der Waals surface area contributed by atoms with Gasteiger partial charge in [-0.1, -0.05) is 0 Å². The molecule has 0 aliphatic carbocycles. The lowest BCUT2D eigenvalue weighted by molar-refractivity contribution is -0.118. The number of anilines is 1. The number of esters is 1. The van der Waals surface area contributed by atoms with Crippen LogP contribution < -0.4 is 24.3 Å². The van der Waals surface area contributed by atoms with Gasteiger partial charge in [-0.2, -0.15) is 0 Å². The van der Waals surface area contributed by atoms with Crippen LogP contribution in [0.2, 0.25) is 0 Å². The lowest BCUT2D eigenvalue weighted by Crippen LogP contribution is -2.20. The number of carbonyl (C=O) groups excluding carboxylic acids is 2. The van der Waals surface area contributed by atoms with E-state index in [9.17, 15) is 14.0 Å². The van der Waals surface area contributed by atoms with Gasteiger partial charge in [-0.3, -0.25) is 4.79 Å². The summed E-state index contributed by atoms with van der Waals surface area (Å²) >= 11 is 0. The number of rotatable bonds is 8. The van der Waals surface area contributed by atoms with E-state index in [2.05, 4.69) is 5.32 Å². The molecule has 7 nitrogen and oxygen atoms in total. The highest BCUT2D eigenvalue weighted by atomic mass is 19.1. The number of amides is 1. The molecule has 3 aromatic rings. The molecular weight excluding hydrogens is 405 g/mol. The second kappa shape index (κ2) is 10.1. The lowest BCUT2D eigenvalue weighted by Gasteiger charge is -2.12. The van der Waals surface area contributed by atoms with E-state index in [1.54, 1.807) is 31.4 Å². The van der Waals surface area contributed by atoms with Crippen LogP contribution in [0.5, 0.6) is 23.0 Å². The normalized spacial score (nSPS) is 10.2. The van der Waals surface area contributed by atoms with Crippen molar-refractivity contribution < 1.29 is 32.9 Å². The Bertz CT molecular complexity index is 1050. The highest BCUT2D eigenvalue weighted by molar-refractivity contribution is 5.93. The van der Waals surface area contributed by atoms with Gasteiger partial charge in [-0.05, 0) is 66.7 Å². The Morgan fingerprint density at radius 1 is 0.839 bits per heavy atom. The summed E-state index contributed by atoms with van der Waals surface area (Å²) in [6, 6.07) is 16.4. The van der Waals surface area contributed by atoms with Gasteiger partial charge in [0, 0.05) is 5.69 Å². The highest BCUT2D eigenvalue weighted by Gasteiger charge is 2.14. The summed E-state index contributed by atoms with van der Waals surface area (Å²) in [5.41, 5.74) is 0.802. The maximum absolute atomic E-state index is 13.0. The van der Waals surface area contributed by atoms with Gasteiger partial charge in [0.25, 0.3) is 5.91 Å². The van der Waals surface area contributed by atoms with Crippen LogP contribution in [0.4, 0.5) is 10.1 Å². The van der Waals surface area contributed by atoms with Crippen LogP contribution in [0.25, 0.3) is 0 Å². The molecule has 0 saturated carbocycles. The maximum atomic E-state index is 13.0. The third kappa shape index (κ3) is 5.96. The first-order valence-electron chi connectivity index (χ1n) is 9.21. The summed E-state index contributed by atoms with van der Waals surface area (Å²) in [5.74, 6) is -0.0193. The van der Waals surface area contributed by atoms with Crippen LogP contribution in [0.15, 0.2) is 66.7 Å². The fourth-order valence-corrected chi connectivity index (χ4v) is 2.60. The van der Waals surface area contributed by atoms with Crippen LogP contribution in [-0.4, -0.2) is 32.7 Å². The van der Waals surface area contributed by atoms with Crippen molar-refractivity contribution in [3.8, 4) is 23.0 Å². The van der Waals surface area contributed by atoms with E-state index in [1.807, 2.05) is 0 Å². The molecule has 0 spiro atoms. The first-order valence-corrected chi connectivity index (χ1v) is 9.21. The third-order valence-corrected chi connectivity index (χ3v) is 4.16. The number of hydrogen-bond donors (Lipinski definition) is 1. The second-order valence-corrected chi connectivity index (χ2v) is 6.27. The van der Waals surface area contributed by atoms with Gasteiger partial charge in [0.2, 0.25) is 0 Å². The topological polar surface area (TPSA) is 83.1 Å². The van der Waals surface area contributed by atoms with Crippen LogP contribution >= 0.6 is 0 Å². The zero-order valence-electron chi connectivity index (χ0n) is 16.9. The summed E-state index contributed by atoms with van der Waals surface area (Å²) in [7, 11) is 2.97. The average molecular weight is 425 g/mol. The Hall–Kier alpha value is -4.07. The van der Waals surface area contributed by atoms with Crippen molar-refractivity contribution in [2.24, 2.45) is 0 Å². The van der Waals surface area contributed by atoms with Crippen molar-refractivity contribution >= 4 is 17.6 Å². The summed E-state index contributed by atoms with van der Waals surface area (Å²) in [5, 5.41) is 2.70. The summed E-state index contributed by atoms with van der Waals surface area (Å²) < 4.78 is 34.0. The summed E-state index contributed by atoms with van der Waals surface area (Å²) in [6.45, 7) is -0.262. The molecule has 0 radical (unpaired) electrons. The predicted molar refractivity (Wildman–Crippen MR) is 111 cm³/mol. The Morgan fingerprint density at radius 2 is 1.52 bits per heavy atom. The first-order chi connectivity index (χ1) is 15.0. The molecule has 1 amide bonds. The third-order valence-electron chi connectivity index (χ3n) is 4.16. The zero-order chi connectivity index (χ0) is 22.2. The smallest absolute Gasteiger partial charge is 0.343 e. The molecule has 0 saturated heterocycles. The second-order valence-electron chi connectivity index (χ2n) is 6.27. The van der Waals surface area contributed by atoms with Gasteiger partial charge in [0.15, 0.2) is 18.1 Å². The van der Waals surface area contributed by atoms with E-state index in [4.69, 9.17) is 18.9 Å². The fourth-order valence-electron chi connectivity index (χ4n) is 2.60. The predicted octanol–water partition coefficient (Wildman–Crippen LogP) is 4.08. The molecule has 0 unspecified atom stereocenters. The number of benzene rings is 3. The van der Waals surface area contributed by atoms with Gasteiger partial charge in [0.1, 0.15) is 17.3 Å². The number of ether oxygens (including phenoxy) is 4. The number of halogens is 1. The Kier molecular flexibility index (Phi) is 7.05. The van der Waals surface area contributed by atoms with Crippen molar-refractivity contribution in [2.75, 3.05) is 26.1 Å². The van der Waals surface area contributed by atoms with Crippen molar-refractivity contribution in [2.45, 2.75) is 0 Å². The SMILES string of the molecule is COc1ccc(NC(=O)COc2ccc(C(=O)Oc3ccc(F)cc3)cc2OC)cc1. The number of carbonyl (C=O) groups is 2. The van der Waals surface area contributed by atoms with Crippen molar-refractivity contribution in [3.05, 3.63) is 78.1 Å². The van der Waals surface area contributed by atoms with Crippen LogP contribution in [-0.2, 0) is 4.79 Å². The van der Waals surface area contributed by atoms with E-state index in [1.165, 1.54) is 49.6 Å². The van der Waals surface area contributed by atoms with Crippen LogP contribution in [0.3, 0.4) is 0 Å². The molecule has 0 aliphatic heterocycles. The van der Waals surface area contributed by atoms with E-state index >= 15 is 0 Å². The molecular formula is C23H20FNO6. The zero-order valence-corrected chi connectivity index (χ0v) is 16.9. The molecule has 0 aliphatic rings. The van der Waals surface area contributed by atoms with Gasteiger partial charge in [-0.25, -0.2) is 9.18 Å². The molecule has 3 aromatic carbocycles. The Morgan fingerprint density at radius 3 is 2.16 bits per heavy atom. The minimum Gasteiger partial charge on any atom is -0.497 e. The van der Waals surface area contributed by atoms with Gasteiger partial charge in [0.05, 0.1) is 19.8 Å². The van der Waals surface area contributed by atoms with Crippen molar-refractivity contribution in [1.82, 2.24) is 0 Å². The summed E-state index contributed by atoms with van der Waals surface area (Å²) in [4.78, 5) is 24.4.